The molecule has 2 heterocycles. The molecule has 5 nitrogen and oxygen atoms in total. The lowest BCUT2D eigenvalue weighted by Gasteiger charge is -2.21. The Hall–Kier alpha value is -1.75. The monoisotopic (exact) mass is 276 g/mol. The highest BCUT2D eigenvalue weighted by Gasteiger charge is 2.20. The lowest BCUT2D eigenvalue weighted by atomic mass is 10.1. The molecule has 0 bridgehead atoms. The number of hydrogen-bond donors (Lipinski definition) is 2. The SMILES string of the molecule is O=C(NCCC1CCOC1)c1cccc2c1OCCN2. The van der Waals surface area contributed by atoms with Crippen LogP contribution >= 0.6 is 0 Å². The molecule has 20 heavy (non-hydrogen) atoms. The largest absolute Gasteiger partial charge is 0.489 e. The van der Waals surface area contributed by atoms with Crippen molar-refractivity contribution in [1.82, 2.24) is 5.32 Å². The molecule has 3 rings (SSSR count). The van der Waals surface area contributed by atoms with Crippen LogP contribution in [0, 0.1) is 5.92 Å². The van der Waals surface area contributed by atoms with Crippen molar-refractivity contribution in [2.24, 2.45) is 5.92 Å². The van der Waals surface area contributed by atoms with Crippen molar-refractivity contribution < 1.29 is 14.3 Å². The van der Waals surface area contributed by atoms with E-state index in [2.05, 4.69) is 10.6 Å². The highest BCUT2D eigenvalue weighted by molar-refractivity contribution is 5.98. The van der Waals surface area contributed by atoms with Crippen LogP contribution in [0.1, 0.15) is 23.2 Å². The highest BCUT2D eigenvalue weighted by Crippen LogP contribution is 2.31. The smallest absolute Gasteiger partial charge is 0.255 e. The van der Waals surface area contributed by atoms with Crippen molar-refractivity contribution in [3.63, 3.8) is 0 Å². The van der Waals surface area contributed by atoms with E-state index in [1.54, 1.807) is 6.07 Å². The van der Waals surface area contributed by atoms with Gasteiger partial charge in [-0.1, -0.05) is 6.07 Å². The van der Waals surface area contributed by atoms with Crippen LogP contribution in [0.5, 0.6) is 5.75 Å². The minimum absolute atomic E-state index is 0.0653. The van der Waals surface area contributed by atoms with Crippen LogP contribution < -0.4 is 15.4 Å². The Morgan fingerprint density at radius 1 is 1.40 bits per heavy atom. The molecule has 5 heteroatoms. The summed E-state index contributed by atoms with van der Waals surface area (Å²) >= 11 is 0. The molecule has 1 aromatic carbocycles. The molecular weight excluding hydrogens is 256 g/mol. The number of carbonyl (C=O) groups excluding carboxylic acids is 1. The summed E-state index contributed by atoms with van der Waals surface area (Å²) in [6.45, 7) is 3.73. The van der Waals surface area contributed by atoms with Gasteiger partial charge in [0.05, 0.1) is 11.3 Å². The number of anilines is 1. The van der Waals surface area contributed by atoms with E-state index < -0.39 is 0 Å². The molecule has 1 aromatic rings. The maximum atomic E-state index is 12.2. The van der Waals surface area contributed by atoms with Gasteiger partial charge < -0.3 is 20.1 Å². The summed E-state index contributed by atoms with van der Waals surface area (Å²) in [7, 11) is 0. The second kappa shape index (κ2) is 6.13. The molecule has 1 amide bonds. The number of ether oxygens (including phenoxy) is 2. The molecule has 2 N–H and O–H groups in total. The van der Waals surface area contributed by atoms with E-state index >= 15 is 0 Å². The molecule has 108 valence electrons. The van der Waals surface area contributed by atoms with Crippen molar-refractivity contribution >= 4 is 11.6 Å². The third-order valence-electron chi connectivity index (χ3n) is 3.79. The molecule has 0 aliphatic carbocycles. The van der Waals surface area contributed by atoms with Crippen LogP contribution in [0.3, 0.4) is 0 Å². The van der Waals surface area contributed by atoms with Gasteiger partial charge in [0.25, 0.3) is 5.91 Å². The van der Waals surface area contributed by atoms with Gasteiger partial charge in [-0.2, -0.15) is 0 Å². The van der Waals surface area contributed by atoms with Gasteiger partial charge in [-0.3, -0.25) is 4.79 Å². The average Bonchev–Trinajstić information content (AvgIpc) is 3.00. The number of para-hydroxylation sites is 1. The predicted molar refractivity (Wildman–Crippen MR) is 76.3 cm³/mol. The molecule has 1 unspecified atom stereocenters. The molecule has 1 saturated heterocycles. The molecule has 0 radical (unpaired) electrons. The van der Waals surface area contributed by atoms with Crippen LogP contribution in [0.2, 0.25) is 0 Å². The quantitative estimate of drug-likeness (QED) is 0.878. The van der Waals surface area contributed by atoms with E-state index in [4.69, 9.17) is 9.47 Å². The number of rotatable bonds is 4. The highest BCUT2D eigenvalue weighted by atomic mass is 16.5. The lowest BCUT2D eigenvalue weighted by Crippen LogP contribution is -2.28. The zero-order valence-electron chi connectivity index (χ0n) is 11.5. The Morgan fingerprint density at radius 3 is 3.20 bits per heavy atom. The first-order valence-corrected chi connectivity index (χ1v) is 7.20. The maximum absolute atomic E-state index is 12.2. The van der Waals surface area contributed by atoms with Gasteiger partial charge in [-0.25, -0.2) is 0 Å². The van der Waals surface area contributed by atoms with Crippen LogP contribution in [-0.4, -0.2) is 38.8 Å². The van der Waals surface area contributed by atoms with Crippen LogP contribution in [-0.2, 0) is 4.74 Å². The predicted octanol–water partition coefficient (Wildman–Crippen LogP) is 1.65. The van der Waals surface area contributed by atoms with E-state index in [9.17, 15) is 4.79 Å². The molecule has 0 spiro atoms. The summed E-state index contributed by atoms with van der Waals surface area (Å²) < 4.78 is 10.9. The van der Waals surface area contributed by atoms with Crippen molar-refractivity contribution in [2.45, 2.75) is 12.8 Å². The molecule has 1 atom stereocenters. The van der Waals surface area contributed by atoms with Gasteiger partial charge >= 0.3 is 0 Å². The van der Waals surface area contributed by atoms with Crippen LogP contribution in [0.15, 0.2) is 18.2 Å². The third-order valence-corrected chi connectivity index (χ3v) is 3.79. The number of hydrogen-bond acceptors (Lipinski definition) is 4. The summed E-state index contributed by atoms with van der Waals surface area (Å²) in [6, 6.07) is 5.61. The fourth-order valence-corrected chi connectivity index (χ4v) is 2.65. The van der Waals surface area contributed by atoms with Gasteiger partial charge in [0, 0.05) is 26.3 Å². The maximum Gasteiger partial charge on any atom is 0.255 e. The van der Waals surface area contributed by atoms with Crippen molar-refractivity contribution in [3.05, 3.63) is 23.8 Å². The molecule has 1 fully saturated rings. The fraction of sp³-hybridized carbons (Fsp3) is 0.533. The van der Waals surface area contributed by atoms with Crippen molar-refractivity contribution in [3.8, 4) is 5.75 Å². The second-order valence-electron chi connectivity index (χ2n) is 5.23. The van der Waals surface area contributed by atoms with Crippen molar-refractivity contribution in [2.75, 3.05) is 38.2 Å². The topological polar surface area (TPSA) is 59.6 Å². The van der Waals surface area contributed by atoms with Crippen LogP contribution in [0.4, 0.5) is 5.69 Å². The standard InChI is InChI=1S/C15H20N2O3/c18-15(17-6-4-11-5-8-19-10-11)12-2-1-3-13-14(12)20-9-7-16-13/h1-3,11,16H,4-10H2,(H,17,18). The molecule has 2 aliphatic rings. The number of fused-ring (bicyclic) bond motifs is 1. The number of benzene rings is 1. The summed E-state index contributed by atoms with van der Waals surface area (Å²) in [5, 5.41) is 6.21. The number of amides is 1. The Kier molecular flexibility index (Phi) is 4.06. The van der Waals surface area contributed by atoms with Gasteiger partial charge in [0.1, 0.15) is 6.61 Å². The Labute approximate surface area is 118 Å². The zero-order valence-corrected chi connectivity index (χ0v) is 11.5. The minimum atomic E-state index is -0.0653. The summed E-state index contributed by atoms with van der Waals surface area (Å²) in [6.07, 6.45) is 2.07. The van der Waals surface area contributed by atoms with Gasteiger partial charge in [-0.05, 0) is 30.9 Å². The average molecular weight is 276 g/mol. The lowest BCUT2D eigenvalue weighted by molar-refractivity contribution is 0.0946. The van der Waals surface area contributed by atoms with E-state index in [0.717, 1.165) is 38.3 Å². The number of carbonyl (C=O) groups is 1. The normalized spacial score (nSPS) is 20.7. The summed E-state index contributed by atoms with van der Waals surface area (Å²) in [5.74, 6) is 1.18. The molecule has 2 aliphatic heterocycles. The van der Waals surface area contributed by atoms with Crippen LogP contribution in [0.25, 0.3) is 0 Å². The summed E-state index contributed by atoms with van der Waals surface area (Å²) in [5.41, 5.74) is 1.51. The first-order chi connectivity index (χ1) is 9.84. The van der Waals surface area contributed by atoms with E-state index in [1.165, 1.54) is 0 Å². The zero-order chi connectivity index (χ0) is 13.8. The van der Waals surface area contributed by atoms with Gasteiger partial charge in [0.15, 0.2) is 5.75 Å². The second-order valence-corrected chi connectivity index (χ2v) is 5.23. The van der Waals surface area contributed by atoms with E-state index in [0.29, 0.717) is 30.4 Å². The Balaban J connectivity index is 1.59. The van der Waals surface area contributed by atoms with E-state index in [1.807, 2.05) is 12.1 Å². The third kappa shape index (κ3) is 2.88. The molecular formula is C15H20N2O3. The first-order valence-electron chi connectivity index (χ1n) is 7.20. The number of nitrogens with one attached hydrogen (secondary N) is 2. The van der Waals surface area contributed by atoms with Gasteiger partial charge in [0.2, 0.25) is 0 Å². The first kappa shape index (κ1) is 13.2. The molecule has 0 saturated carbocycles. The summed E-state index contributed by atoms with van der Waals surface area (Å²) in [4.78, 5) is 12.2. The Morgan fingerprint density at radius 2 is 2.35 bits per heavy atom. The van der Waals surface area contributed by atoms with E-state index in [-0.39, 0.29) is 5.91 Å². The minimum Gasteiger partial charge on any atom is -0.489 e. The van der Waals surface area contributed by atoms with Crippen molar-refractivity contribution in [1.29, 1.82) is 0 Å². The van der Waals surface area contributed by atoms with Gasteiger partial charge in [-0.15, -0.1) is 0 Å². The fourth-order valence-electron chi connectivity index (χ4n) is 2.65. The molecule has 0 aromatic heterocycles. The Bertz CT molecular complexity index is 484.